The summed E-state index contributed by atoms with van der Waals surface area (Å²) < 4.78 is 13.2. The lowest BCUT2D eigenvalue weighted by molar-refractivity contribution is 0.0772. The Hall–Kier alpha value is -0.640. The first-order valence-corrected chi connectivity index (χ1v) is 8.36. The van der Waals surface area contributed by atoms with Gasteiger partial charge in [0.25, 0.3) is 0 Å². The summed E-state index contributed by atoms with van der Waals surface area (Å²) in [6.45, 7) is 6.42. The van der Waals surface area contributed by atoms with E-state index in [1.807, 2.05) is 0 Å². The van der Waals surface area contributed by atoms with Crippen molar-refractivity contribution in [3.63, 3.8) is 0 Å². The van der Waals surface area contributed by atoms with Crippen LogP contribution in [0, 0.1) is 5.82 Å². The molecule has 0 spiro atoms. The van der Waals surface area contributed by atoms with E-state index in [0.717, 1.165) is 31.5 Å². The van der Waals surface area contributed by atoms with E-state index in [4.69, 9.17) is 17.3 Å². The summed E-state index contributed by atoms with van der Waals surface area (Å²) in [6, 6.07) is 4.64. The summed E-state index contributed by atoms with van der Waals surface area (Å²) in [6.07, 6.45) is 5.47. The molecule has 1 aromatic rings. The number of halogens is 2. The summed E-state index contributed by atoms with van der Waals surface area (Å²) in [7, 11) is 0. The first-order valence-electron chi connectivity index (χ1n) is 7.98. The lowest BCUT2D eigenvalue weighted by Gasteiger charge is -2.45. The minimum atomic E-state index is -0.295. The van der Waals surface area contributed by atoms with Gasteiger partial charge >= 0.3 is 0 Å². The van der Waals surface area contributed by atoms with Crippen LogP contribution >= 0.6 is 11.6 Å². The van der Waals surface area contributed by atoms with Gasteiger partial charge in [-0.2, -0.15) is 0 Å². The molecular formula is C17H26ClFN2. The Labute approximate surface area is 132 Å². The summed E-state index contributed by atoms with van der Waals surface area (Å²) in [5.74, 6) is -0.295. The van der Waals surface area contributed by atoms with E-state index < -0.39 is 0 Å². The maximum Gasteiger partial charge on any atom is 0.124 e. The fourth-order valence-corrected chi connectivity index (χ4v) is 4.12. The zero-order chi connectivity index (χ0) is 15.5. The van der Waals surface area contributed by atoms with Crippen LogP contribution in [0.3, 0.4) is 0 Å². The highest BCUT2D eigenvalue weighted by atomic mass is 35.5. The van der Waals surface area contributed by atoms with Crippen LogP contribution in [0.5, 0.6) is 0 Å². The number of nitrogens with zero attached hydrogens (tertiary/aromatic N) is 1. The van der Waals surface area contributed by atoms with Crippen LogP contribution in [0.4, 0.5) is 4.39 Å². The zero-order valence-electron chi connectivity index (χ0n) is 13.0. The molecule has 1 aromatic carbocycles. The quantitative estimate of drug-likeness (QED) is 0.860. The van der Waals surface area contributed by atoms with Crippen molar-refractivity contribution in [1.29, 1.82) is 0 Å². The van der Waals surface area contributed by atoms with Gasteiger partial charge < -0.3 is 5.73 Å². The molecule has 0 aliphatic heterocycles. The van der Waals surface area contributed by atoms with Gasteiger partial charge in [0.15, 0.2) is 0 Å². The molecule has 1 atom stereocenters. The van der Waals surface area contributed by atoms with Crippen LogP contribution in [0.1, 0.15) is 45.1 Å². The molecule has 0 amide bonds. The smallest absolute Gasteiger partial charge is 0.124 e. The number of benzene rings is 1. The molecule has 4 heteroatoms. The van der Waals surface area contributed by atoms with E-state index in [2.05, 4.69) is 18.7 Å². The summed E-state index contributed by atoms with van der Waals surface area (Å²) in [5, 5.41) is 0.484. The number of rotatable bonds is 6. The molecule has 1 aliphatic carbocycles. The van der Waals surface area contributed by atoms with Gasteiger partial charge in [-0.1, -0.05) is 44.4 Å². The normalized spacial score (nSPS) is 19.1. The minimum absolute atomic E-state index is 0.0304. The Bertz CT molecular complexity index is 468. The third-order valence-corrected chi connectivity index (χ3v) is 5.36. The van der Waals surface area contributed by atoms with Gasteiger partial charge in [0.1, 0.15) is 5.82 Å². The van der Waals surface area contributed by atoms with Gasteiger partial charge in [0, 0.05) is 16.6 Å². The average Bonchev–Trinajstić information content (AvgIpc) is 2.94. The highest BCUT2D eigenvalue weighted by molar-refractivity contribution is 6.31. The number of likely N-dealkylation sites (N-methyl/N-ethyl adjacent to an activating group) is 1. The van der Waals surface area contributed by atoms with E-state index in [9.17, 15) is 4.39 Å². The Morgan fingerprint density at radius 3 is 2.43 bits per heavy atom. The van der Waals surface area contributed by atoms with E-state index in [-0.39, 0.29) is 17.4 Å². The van der Waals surface area contributed by atoms with Crippen molar-refractivity contribution in [3.05, 3.63) is 34.6 Å². The van der Waals surface area contributed by atoms with E-state index in [0.29, 0.717) is 11.4 Å². The molecule has 1 unspecified atom stereocenters. The van der Waals surface area contributed by atoms with Crippen molar-refractivity contribution >= 4 is 11.6 Å². The fourth-order valence-electron chi connectivity index (χ4n) is 3.88. The predicted octanol–water partition coefficient (Wildman–Crippen LogP) is 4.00. The van der Waals surface area contributed by atoms with Gasteiger partial charge in [-0.3, -0.25) is 4.90 Å². The van der Waals surface area contributed by atoms with Crippen molar-refractivity contribution in [2.24, 2.45) is 5.73 Å². The maximum atomic E-state index is 13.2. The number of hydrogen-bond acceptors (Lipinski definition) is 2. The Morgan fingerprint density at radius 1 is 1.29 bits per heavy atom. The van der Waals surface area contributed by atoms with Crippen molar-refractivity contribution in [2.45, 2.75) is 57.5 Å². The van der Waals surface area contributed by atoms with Gasteiger partial charge in [0.05, 0.1) is 0 Å². The molecule has 2 N–H and O–H groups in total. The number of nitrogens with two attached hydrogens (primary N) is 1. The second kappa shape index (κ2) is 7.08. The first-order chi connectivity index (χ1) is 10.0. The van der Waals surface area contributed by atoms with Crippen LogP contribution in [-0.4, -0.2) is 29.6 Å². The molecule has 0 aromatic heterocycles. The monoisotopic (exact) mass is 312 g/mol. The van der Waals surface area contributed by atoms with E-state index in [1.54, 1.807) is 6.07 Å². The largest absolute Gasteiger partial charge is 0.326 e. The van der Waals surface area contributed by atoms with Crippen molar-refractivity contribution in [3.8, 4) is 0 Å². The zero-order valence-corrected chi connectivity index (χ0v) is 13.8. The molecule has 2 rings (SSSR count). The maximum absolute atomic E-state index is 13.2. The second-order valence-corrected chi connectivity index (χ2v) is 6.44. The van der Waals surface area contributed by atoms with E-state index in [1.165, 1.54) is 25.0 Å². The third kappa shape index (κ3) is 3.41. The van der Waals surface area contributed by atoms with Crippen LogP contribution in [-0.2, 0) is 6.42 Å². The molecule has 0 heterocycles. The topological polar surface area (TPSA) is 29.3 Å². The summed E-state index contributed by atoms with van der Waals surface area (Å²) >= 11 is 6.16. The molecule has 2 nitrogen and oxygen atoms in total. The third-order valence-electron chi connectivity index (χ3n) is 5.01. The average molecular weight is 313 g/mol. The van der Waals surface area contributed by atoms with Gasteiger partial charge in [-0.15, -0.1) is 0 Å². The van der Waals surface area contributed by atoms with Gasteiger partial charge in [0.2, 0.25) is 0 Å². The van der Waals surface area contributed by atoms with Crippen LogP contribution in [0.2, 0.25) is 5.02 Å². The Balaban J connectivity index is 2.21. The fraction of sp³-hybridized carbons (Fsp3) is 0.647. The van der Waals surface area contributed by atoms with Crippen LogP contribution in [0.25, 0.3) is 0 Å². The van der Waals surface area contributed by atoms with Gasteiger partial charge in [-0.05, 0) is 50.0 Å². The SMILES string of the molecule is CCN(CC)C1(C(N)Cc2ccc(F)cc2Cl)CCCC1. The molecular weight excluding hydrogens is 287 g/mol. The standard InChI is InChI=1S/C17H26ClFN2/c1-3-21(4-2)17(9-5-6-10-17)16(20)11-13-7-8-14(19)12-15(13)18/h7-8,12,16H,3-6,9-11,20H2,1-2H3. The van der Waals surface area contributed by atoms with Crippen molar-refractivity contribution in [2.75, 3.05) is 13.1 Å². The summed E-state index contributed by atoms with van der Waals surface area (Å²) in [5.41, 5.74) is 7.63. The molecule has 1 aliphatic rings. The Kier molecular flexibility index (Phi) is 5.64. The molecule has 1 saturated carbocycles. The Morgan fingerprint density at radius 2 is 1.90 bits per heavy atom. The molecule has 21 heavy (non-hydrogen) atoms. The molecule has 0 saturated heterocycles. The minimum Gasteiger partial charge on any atom is -0.326 e. The van der Waals surface area contributed by atoms with Gasteiger partial charge in [-0.25, -0.2) is 4.39 Å². The molecule has 118 valence electrons. The second-order valence-electron chi connectivity index (χ2n) is 6.03. The number of hydrogen-bond donors (Lipinski definition) is 1. The highest BCUT2D eigenvalue weighted by Gasteiger charge is 2.43. The van der Waals surface area contributed by atoms with Crippen molar-refractivity contribution < 1.29 is 4.39 Å². The predicted molar refractivity (Wildman–Crippen MR) is 87.2 cm³/mol. The summed E-state index contributed by atoms with van der Waals surface area (Å²) in [4.78, 5) is 2.50. The lowest BCUT2D eigenvalue weighted by atomic mass is 9.83. The molecule has 1 fully saturated rings. The first kappa shape index (κ1) is 16.7. The van der Waals surface area contributed by atoms with Crippen molar-refractivity contribution in [1.82, 2.24) is 4.90 Å². The highest BCUT2D eigenvalue weighted by Crippen LogP contribution is 2.38. The molecule has 0 radical (unpaired) electrons. The van der Waals surface area contributed by atoms with Crippen LogP contribution < -0.4 is 5.73 Å². The van der Waals surface area contributed by atoms with Crippen LogP contribution in [0.15, 0.2) is 18.2 Å². The lowest BCUT2D eigenvalue weighted by Crippen LogP contribution is -2.59. The molecule has 0 bridgehead atoms. The van der Waals surface area contributed by atoms with E-state index >= 15 is 0 Å².